The fourth-order valence-electron chi connectivity index (χ4n) is 3.64. The van der Waals surface area contributed by atoms with Crippen LogP contribution < -0.4 is 9.64 Å². The molecule has 1 aliphatic rings. The van der Waals surface area contributed by atoms with Crippen molar-refractivity contribution >= 4 is 26.5 Å². The van der Waals surface area contributed by atoms with E-state index in [4.69, 9.17) is 4.74 Å². The average molecular weight is 397 g/mol. The summed E-state index contributed by atoms with van der Waals surface area (Å²) in [6.07, 6.45) is 0. The summed E-state index contributed by atoms with van der Waals surface area (Å²) in [6, 6.07) is 21.1. The third-order valence-corrected chi connectivity index (χ3v) is 7.00. The van der Waals surface area contributed by atoms with Gasteiger partial charge in [-0.15, -0.1) is 0 Å². The normalized spacial score (nSPS) is 15.7. The molecular formula is C22H24N2O3S. The van der Waals surface area contributed by atoms with E-state index in [0.717, 1.165) is 22.2 Å². The van der Waals surface area contributed by atoms with Crippen LogP contribution in [0.5, 0.6) is 5.75 Å². The van der Waals surface area contributed by atoms with Crippen LogP contribution in [0, 0.1) is 0 Å². The number of hydrogen-bond acceptors (Lipinski definition) is 4. The zero-order valence-electron chi connectivity index (χ0n) is 15.9. The molecule has 5 nitrogen and oxygen atoms in total. The van der Waals surface area contributed by atoms with Gasteiger partial charge in [0.1, 0.15) is 5.75 Å². The lowest BCUT2D eigenvalue weighted by Gasteiger charge is -2.36. The number of nitrogens with zero attached hydrogens (tertiary/aromatic N) is 2. The smallest absolute Gasteiger partial charge is 0.243 e. The van der Waals surface area contributed by atoms with Crippen molar-refractivity contribution in [3.63, 3.8) is 0 Å². The van der Waals surface area contributed by atoms with E-state index in [1.807, 2.05) is 61.5 Å². The number of ether oxygens (including phenoxy) is 1. The molecular weight excluding hydrogens is 372 g/mol. The topological polar surface area (TPSA) is 49.9 Å². The van der Waals surface area contributed by atoms with E-state index < -0.39 is 10.0 Å². The summed E-state index contributed by atoms with van der Waals surface area (Å²) in [6.45, 7) is 4.75. The lowest BCUT2D eigenvalue weighted by atomic mass is 10.1. The number of anilines is 1. The Morgan fingerprint density at radius 3 is 2.29 bits per heavy atom. The summed E-state index contributed by atoms with van der Waals surface area (Å²) in [5, 5.41) is 1.98. The molecule has 0 atom stereocenters. The van der Waals surface area contributed by atoms with E-state index in [1.54, 1.807) is 16.4 Å². The zero-order chi connectivity index (χ0) is 19.6. The number of para-hydroxylation sites is 2. The van der Waals surface area contributed by atoms with Gasteiger partial charge < -0.3 is 9.64 Å². The molecule has 1 fully saturated rings. The van der Waals surface area contributed by atoms with Crippen molar-refractivity contribution in [1.82, 2.24) is 4.31 Å². The highest BCUT2D eigenvalue weighted by molar-refractivity contribution is 7.89. The molecule has 0 aromatic heterocycles. The molecule has 4 rings (SSSR count). The Morgan fingerprint density at radius 1 is 0.857 bits per heavy atom. The molecule has 3 aromatic rings. The van der Waals surface area contributed by atoms with Crippen molar-refractivity contribution in [1.29, 1.82) is 0 Å². The van der Waals surface area contributed by atoms with Gasteiger partial charge in [-0.05, 0) is 42.0 Å². The maximum absolute atomic E-state index is 13.1. The van der Waals surface area contributed by atoms with Crippen LogP contribution in [0.25, 0.3) is 10.8 Å². The third-order valence-electron chi connectivity index (χ3n) is 5.10. The van der Waals surface area contributed by atoms with Crippen LogP contribution in [0.15, 0.2) is 71.6 Å². The Morgan fingerprint density at radius 2 is 1.54 bits per heavy atom. The number of benzene rings is 3. The molecule has 0 N–H and O–H groups in total. The third kappa shape index (κ3) is 3.57. The minimum atomic E-state index is -3.50. The highest BCUT2D eigenvalue weighted by Crippen LogP contribution is 2.30. The van der Waals surface area contributed by atoms with E-state index in [9.17, 15) is 8.42 Å². The summed E-state index contributed by atoms with van der Waals surface area (Å²) in [5.74, 6) is 0.843. The second-order valence-corrected chi connectivity index (χ2v) is 8.74. The fraction of sp³-hybridized carbons (Fsp3) is 0.273. The van der Waals surface area contributed by atoms with E-state index in [0.29, 0.717) is 37.7 Å². The van der Waals surface area contributed by atoms with E-state index >= 15 is 0 Å². The first-order valence-corrected chi connectivity index (χ1v) is 11.0. The van der Waals surface area contributed by atoms with Crippen molar-refractivity contribution in [2.45, 2.75) is 11.8 Å². The molecule has 0 saturated carbocycles. The Balaban J connectivity index is 1.52. The monoisotopic (exact) mass is 396 g/mol. The van der Waals surface area contributed by atoms with Crippen LogP contribution in [0.3, 0.4) is 0 Å². The van der Waals surface area contributed by atoms with E-state index in [-0.39, 0.29) is 0 Å². The molecule has 28 heavy (non-hydrogen) atoms. The summed E-state index contributed by atoms with van der Waals surface area (Å²) in [5.41, 5.74) is 1.02. The van der Waals surface area contributed by atoms with Crippen molar-refractivity contribution in [2.24, 2.45) is 0 Å². The molecule has 0 bridgehead atoms. The molecule has 3 aromatic carbocycles. The number of hydrogen-bond donors (Lipinski definition) is 0. The van der Waals surface area contributed by atoms with Gasteiger partial charge in [0.15, 0.2) is 0 Å². The molecule has 0 spiro atoms. The van der Waals surface area contributed by atoms with Crippen LogP contribution in [0.1, 0.15) is 6.92 Å². The Kier molecular flexibility index (Phi) is 5.24. The lowest BCUT2D eigenvalue weighted by molar-refractivity contribution is 0.337. The molecule has 0 radical (unpaired) electrons. The first-order chi connectivity index (χ1) is 13.6. The minimum Gasteiger partial charge on any atom is -0.492 e. The van der Waals surface area contributed by atoms with Crippen LogP contribution in [-0.2, 0) is 10.0 Å². The molecule has 146 valence electrons. The predicted molar refractivity (Wildman–Crippen MR) is 113 cm³/mol. The van der Waals surface area contributed by atoms with Gasteiger partial charge in [-0.1, -0.05) is 42.5 Å². The Bertz CT molecular complexity index is 1070. The highest BCUT2D eigenvalue weighted by Gasteiger charge is 2.29. The average Bonchev–Trinajstić information content (AvgIpc) is 2.74. The van der Waals surface area contributed by atoms with Gasteiger partial charge in [-0.2, -0.15) is 4.31 Å². The van der Waals surface area contributed by atoms with Gasteiger partial charge in [-0.3, -0.25) is 0 Å². The summed E-state index contributed by atoms with van der Waals surface area (Å²) in [4.78, 5) is 2.55. The highest BCUT2D eigenvalue weighted by atomic mass is 32.2. The second kappa shape index (κ2) is 7.81. The SMILES string of the molecule is CCOc1ccccc1N1CCN(S(=O)(=O)c2ccc3ccccc3c2)CC1. The standard InChI is InChI=1S/C22H24N2O3S/c1-2-27-22-10-6-5-9-21(22)23-13-15-24(16-14-23)28(25,26)20-12-11-18-7-3-4-8-19(18)17-20/h3-12,17H,2,13-16H2,1H3. The quantitative estimate of drug-likeness (QED) is 0.659. The van der Waals surface area contributed by atoms with Gasteiger partial charge >= 0.3 is 0 Å². The Hall–Kier alpha value is -2.57. The number of sulfonamides is 1. The van der Waals surface area contributed by atoms with Gasteiger partial charge in [0.05, 0.1) is 17.2 Å². The first kappa shape index (κ1) is 18.8. The van der Waals surface area contributed by atoms with E-state index in [2.05, 4.69) is 4.90 Å². The molecule has 1 heterocycles. The fourth-order valence-corrected chi connectivity index (χ4v) is 5.10. The van der Waals surface area contributed by atoms with Crippen LogP contribution in [-0.4, -0.2) is 45.5 Å². The molecule has 0 amide bonds. The van der Waals surface area contributed by atoms with Gasteiger partial charge in [-0.25, -0.2) is 8.42 Å². The van der Waals surface area contributed by atoms with Crippen molar-refractivity contribution in [3.05, 3.63) is 66.7 Å². The first-order valence-electron chi connectivity index (χ1n) is 9.55. The van der Waals surface area contributed by atoms with Gasteiger partial charge in [0.2, 0.25) is 10.0 Å². The molecule has 0 unspecified atom stereocenters. The molecule has 1 aliphatic heterocycles. The largest absolute Gasteiger partial charge is 0.492 e. The predicted octanol–water partition coefficient (Wildman–Crippen LogP) is 3.75. The lowest BCUT2D eigenvalue weighted by Crippen LogP contribution is -2.48. The second-order valence-electron chi connectivity index (χ2n) is 6.80. The Labute approximate surface area is 166 Å². The molecule has 0 aliphatic carbocycles. The number of piperazine rings is 1. The molecule has 6 heteroatoms. The van der Waals surface area contributed by atoms with Crippen LogP contribution in [0.2, 0.25) is 0 Å². The summed E-state index contributed by atoms with van der Waals surface area (Å²) < 4.78 is 33.6. The minimum absolute atomic E-state index is 0.356. The zero-order valence-corrected chi connectivity index (χ0v) is 16.7. The van der Waals surface area contributed by atoms with Crippen molar-refractivity contribution in [3.8, 4) is 5.75 Å². The maximum atomic E-state index is 13.1. The van der Waals surface area contributed by atoms with Crippen molar-refractivity contribution < 1.29 is 13.2 Å². The van der Waals surface area contributed by atoms with Crippen molar-refractivity contribution in [2.75, 3.05) is 37.7 Å². The maximum Gasteiger partial charge on any atom is 0.243 e. The summed E-state index contributed by atoms with van der Waals surface area (Å²) in [7, 11) is -3.50. The van der Waals surface area contributed by atoms with Gasteiger partial charge in [0.25, 0.3) is 0 Å². The van der Waals surface area contributed by atoms with Crippen LogP contribution >= 0.6 is 0 Å². The number of fused-ring (bicyclic) bond motifs is 1. The molecule has 1 saturated heterocycles. The van der Waals surface area contributed by atoms with E-state index in [1.165, 1.54) is 0 Å². The number of rotatable bonds is 5. The van der Waals surface area contributed by atoms with Crippen LogP contribution in [0.4, 0.5) is 5.69 Å². The van der Waals surface area contributed by atoms with Gasteiger partial charge in [0, 0.05) is 26.2 Å². The summed E-state index contributed by atoms with van der Waals surface area (Å²) >= 11 is 0.